The third-order valence-electron chi connectivity index (χ3n) is 13.5. The summed E-state index contributed by atoms with van der Waals surface area (Å²) < 4.78 is 0. The third kappa shape index (κ3) is 10.6. The van der Waals surface area contributed by atoms with Crippen LogP contribution in [0, 0.1) is 50.4 Å². The van der Waals surface area contributed by atoms with Crippen molar-refractivity contribution in [3.63, 3.8) is 0 Å². The average Bonchev–Trinajstić information content (AvgIpc) is 3.43. The van der Waals surface area contributed by atoms with Crippen LogP contribution < -0.4 is 0 Å². The van der Waals surface area contributed by atoms with Gasteiger partial charge in [0.2, 0.25) is 0 Å². The van der Waals surface area contributed by atoms with Crippen molar-refractivity contribution in [3.8, 4) is 90.0 Å². The largest absolute Gasteiger partial charge is 0.192 e. The first-order valence-electron chi connectivity index (χ1n) is 24.4. The van der Waals surface area contributed by atoms with E-state index in [1.165, 1.54) is 44.5 Å². The van der Waals surface area contributed by atoms with E-state index in [4.69, 9.17) is 0 Å². The van der Waals surface area contributed by atoms with Gasteiger partial charge in [0.05, 0.1) is 23.3 Å². The smallest absolute Gasteiger partial charge is 0.0998 e. The van der Waals surface area contributed by atoms with E-state index in [0.717, 1.165) is 77.9 Å². The van der Waals surface area contributed by atoms with E-state index in [9.17, 15) is 10.5 Å². The minimum absolute atomic E-state index is 0.599. The van der Waals surface area contributed by atoms with Gasteiger partial charge in [-0.05, 0) is 176 Å². The molecular weight excluding hydrogens is 869 g/mol. The van der Waals surface area contributed by atoms with Gasteiger partial charge in [0, 0.05) is 0 Å². The van der Waals surface area contributed by atoms with Gasteiger partial charge in [0.15, 0.2) is 0 Å². The number of hydrogen-bond donors (Lipinski definition) is 0. The van der Waals surface area contributed by atoms with Crippen LogP contribution in [0.2, 0.25) is 0 Å². The van der Waals surface area contributed by atoms with Crippen molar-refractivity contribution in [2.24, 2.45) is 0 Å². The summed E-state index contributed by atoms with van der Waals surface area (Å²) in [5.41, 5.74) is 25.7. The minimum Gasteiger partial charge on any atom is -0.192 e. The van der Waals surface area contributed by atoms with Crippen LogP contribution >= 0.6 is 0 Å². The highest BCUT2D eigenvalue weighted by atomic mass is 14.3. The van der Waals surface area contributed by atoms with Crippen LogP contribution in [-0.4, -0.2) is 0 Å². The molecule has 0 saturated heterocycles. The van der Waals surface area contributed by atoms with Crippen LogP contribution in [-0.2, 0) is 0 Å². The van der Waals surface area contributed by atoms with Gasteiger partial charge >= 0.3 is 0 Å². The summed E-state index contributed by atoms with van der Waals surface area (Å²) in [7, 11) is 0. The van der Waals surface area contributed by atoms with Gasteiger partial charge in [-0.1, -0.05) is 216 Å². The number of nitriles is 2. The van der Waals surface area contributed by atoms with Crippen LogP contribution in [0.3, 0.4) is 0 Å². The van der Waals surface area contributed by atoms with Crippen molar-refractivity contribution < 1.29 is 0 Å². The zero-order chi connectivity index (χ0) is 49.6. The molecule has 0 bridgehead atoms. The van der Waals surface area contributed by atoms with Gasteiger partial charge in [0.1, 0.15) is 0 Å². The highest BCUT2D eigenvalue weighted by Gasteiger charge is 2.12. The molecule has 0 aliphatic rings. The van der Waals surface area contributed by atoms with Gasteiger partial charge in [-0.15, -0.1) is 0 Å². The lowest BCUT2D eigenvalue weighted by atomic mass is 9.92. The summed E-state index contributed by atoms with van der Waals surface area (Å²) in [5, 5.41) is 20.6. The molecule has 0 N–H and O–H groups in total. The molecule has 0 radical (unpaired) electrons. The zero-order valence-corrected chi connectivity index (χ0v) is 41.0. The van der Waals surface area contributed by atoms with Gasteiger partial charge in [0.25, 0.3) is 0 Å². The molecule has 0 spiro atoms. The highest BCUT2D eigenvalue weighted by molar-refractivity contribution is 5.92. The molecule has 342 valence electrons. The molecule has 0 saturated carbocycles. The van der Waals surface area contributed by atoms with Crippen LogP contribution in [0.1, 0.15) is 44.5 Å². The van der Waals surface area contributed by atoms with Crippen molar-refractivity contribution in [2.75, 3.05) is 0 Å². The summed E-state index contributed by atoms with van der Waals surface area (Å²) in [6.07, 6.45) is 3.89. The van der Waals surface area contributed by atoms with Crippen LogP contribution in [0.25, 0.3) is 101 Å². The maximum atomic E-state index is 10.3. The topological polar surface area (TPSA) is 47.6 Å². The molecule has 0 aliphatic carbocycles. The van der Waals surface area contributed by atoms with E-state index in [1.807, 2.05) is 36.4 Å². The molecule has 0 fully saturated rings. The standard InChI is InChI=1S/C70H52N2/c1-47-5-17-55(18-6-47)63-39-64(56-19-7-48(2)8-20-56)42-67(41-63)59-29-33-61(34-30-59)69(45-71)37-51-13-25-53(26-14-51)54-27-15-52(16-28-54)38-70(46-72)62-35-31-60(32-36-62)68-43-65(57-21-9-49(3)10-22-57)40-66(44-68)58-23-11-50(4)12-24-58/h5-44H,1-4H3/b69-37+,70-38+. The number of hydrogen-bond acceptors (Lipinski definition) is 2. The second kappa shape index (κ2) is 20.7. The van der Waals surface area contributed by atoms with Crippen molar-refractivity contribution in [3.05, 3.63) is 275 Å². The molecule has 2 nitrogen and oxygen atoms in total. The van der Waals surface area contributed by atoms with Crippen molar-refractivity contribution in [2.45, 2.75) is 27.7 Å². The Morgan fingerprint density at radius 2 is 0.431 bits per heavy atom. The number of benzene rings is 10. The van der Waals surface area contributed by atoms with E-state index >= 15 is 0 Å². The number of rotatable bonds is 11. The van der Waals surface area contributed by atoms with Gasteiger partial charge in [-0.2, -0.15) is 10.5 Å². The van der Waals surface area contributed by atoms with Crippen molar-refractivity contribution in [1.82, 2.24) is 0 Å². The summed E-state index contributed by atoms with van der Waals surface area (Å²) in [5.74, 6) is 0. The normalized spacial score (nSPS) is 11.5. The monoisotopic (exact) mass is 920 g/mol. The molecule has 0 heterocycles. The average molecular weight is 921 g/mol. The second-order valence-electron chi connectivity index (χ2n) is 18.8. The highest BCUT2D eigenvalue weighted by Crippen LogP contribution is 2.36. The predicted molar refractivity (Wildman–Crippen MR) is 303 cm³/mol. The maximum absolute atomic E-state index is 10.3. The Morgan fingerprint density at radius 3 is 0.639 bits per heavy atom. The number of aryl methyl sites for hydroxylation is 4. The first kappa shape index (κ1) is 46.4. The Hall–Kier alpha value is -9.34. The first-order valence-corrected chi connectivity index (χ1v) is 24.4. The maximum Gasteiger partial charge on any atom is 0.0998 e. The first-order chi connectivity index (χ1) is 35.1. The molecule has 0 unspecified atom stereocenters. The summed E-state index contributed by atoms with van der Waals surface area (Å²) in [4.78, 5) is 0. The lowest BCUT2D eigenvalue weighted by Crippen LogP contribution is -1.88. The van der Waals surface area contributed by atoms with Crippen LogP contribution in [0.4, 0.5) is 0 Å². The Kier molecular flexibility index (Phi) is 13.3. The van der Waals surface area contributed by atoms with Gasteiger partial charge < -0.3 is 0 Å². The van der Waals surface area contributed by atoms with E-state index in [1.54, 1.807) is 0 Å². The minimum atomic E-state index is 0.599. The Bertz CT molecular complexity index is 3310. The molecule has 10 aromatic rings. The van der Waals surface area contributed by atoms with E-state index in [0.29, 0.717) is 11.1 Å². The number of nitrogens with zero attached hydrogens (tertiary/aromatic N) is 2. The Labute approximate surface area is 424 Å². The van der Waals surface area contributed by atoms with Crippen molar-refractivity contribution in [1.29, 1.82) is 10.5 Å². The predicted octanol–water partition coefficient (Wildman–Crippen LogP) is 18.7. The molecule has 2 heteroatoms. The SMILES string of the molecule is Cc1ccc(-c2cc(-c3ccc(C)cc3)cc(-c3ccc(/C(C#N)=C/c4ccc(-c5ccc(/C=C(\C#N)c6ccc(-c7cc(-c8ccc(C)cc8)cc(-c8ccc(C)cc8)c7)cc6)cc5)cc4)cc3)c2)cc1. The van der Waals surface area contributed by atoms with Gasteiger partial charge in [-0.3, -0.25) is 0 Å². The second-order valence-corrected chi connectivity index (χ2v) is 18.8. The number of allylic oxidation sites excluding steroid dienone is 2. The lowest BCUT2D eigenvalue weighted by Gasteiger charge is -2.12. The summed E-state index contributed by atoms with van der Waals surface area (Å²) in [6.45, 7) is 8.45. The van der Waals surface area contributed by atoms with E-state index in [2.05, 4.69) is 246 Å². The molecular formula is C70H52N2. The fraction of sp³-hybridized carbons (Fsp3) is 0.0571. The molecule has 10 aromatic carbocycles. The van der Waals surface area contributed by atoms with E-state index in [-0.39, 0.29) is 0 Å². The molecule has 0 aliphatic heterocycles. The Balaban J connectivity index is 0.840. The Morgan fingerprint density at radius 1 is 0.250 bits per heavy atom. The molecule has 10 rings (SSSR count). The lowest BCUT2D eigenvalue weighted by molar-refractivity contribution is 1.46. The summed E-state index contributed by atoms with van der Waals surface area (Å²) in [6, 6.07) is 86.3. The molecule has 0 atom stereocenters. The fourth-order valence-corrected chi connectivity index (χ4v) is 9.16. The third-order valence-corrected chi connectivity index (χ3v) is 13.5. The van der Waals surface area contributed by atoms with Crippen molar-refractivity contribution >= 4 is 23.3 Å². The molecule has 0 aromatic heterocycles. The molecule has 0 amide bonds. The van der Waals surface area contributed by atoms with Gasteiger partial charge in [-0.25, -0.2) is 0 Å². The van der Waals surface area contributed by atoms with Crippen LogP contribution in [0.15, 0.2) is 231 Å². The quantitative estimate of drug-likeness (QED) is 0.0958. The van der Waals surface area contributed by atoms with E-state index < -0.39 is 0 Å². The fourth-order valence-electron chi connectivity index (χ4n) is 9.16. The summed E-state index contributed by atoms with van der Waals surface area (Å²) >= 11 is 0. The zero-order valence-electron chi connectivity index (χ0n) is 41.0. The molecule has 72 heavy (non-hydrogen) atoms. The van der Waals surface area contributed by atoms with Crippen LogP contribution in [0.5, 0.6) is 0 Å².